The molecule has 2 amide bonds. The fourth-order valence-electron chi connectivity index (χ4n) is 4.69. The third kappa shape index (κ3) is 6.94. The highest BCUT2D eigenvalue weighted by Gasteiger charge is 2.32. The molecule has 6 nitrogen and oxygen atoms in total. The zero-order chi connectivity index (χ0) is 24.7. The van der Waals surface area contributed by atoms with Gasteiger partial charge in [-0.05, 0) is 73.3 Å². The Morgan fingerprint density at radius 1 is 1.21 bits per heavy atom. The Labute approximate surface area is 208 Å². The first-order valence-corrected chi connectivity index (χ1v) is 12.9. The van der Waals surface area contributed by atoms with Crippen LogP contribution >= 0.6 is 11.6 Å². The molecule has 7 heteroatoms. The topological polar surface area (TPSA) is 73.5 Å². The Bertz CT molecular complexity index is 980. The predicted octanol–water partition coefficient (Wildman–Crippen LogP) is 4.07. The molecule has 2 aromatic carbocycles. The third-order valence-electron chi connectivity index (χ3n) is 6.97. The zero-order valence-electron chi connectivity index (χ0n) is 20.9. The molecule has 3 N–H and O–H groups in total. The van der Waals surface area contributed by atoms with Gasteiger partial charge in [0, 0.05) is 36.3 Å². The number of amides is 2. The average molecular weight is 487 g/mol. The summed E-state index contributed by atoms with van der Waals surface area (Å²) in [6, 6.07) is 11.1. The minimum Gasteiger partial charge on any atom is -0.350 e. The van der Waals surface area contributed by atoms with Crippen LogP contribution in [0.3, 0.4) is 0 Å². The molecule has 0 spiro atoms. The molecular weight excluding hydrogens is 448 g/mol. The van der Waals surface area contributed by atoms with E-state index in [0.29, 0.717) is 35.5 Å². The van der Waals surface area contributed by atoms with Crippen LogP contribution in [-0.4, -0.2) is 62.0 Å². The van der Waals surface area contributed by atoms with E-state index >= 15 is 0 Å². The van der Waals surface area contributed by atoms with E-state index in [1.165, 1.54) is 0 Å². The van der Waals surface area contributed by atoms with Crippen LogP contribution in [0.2, 0.25) is 5.02 Å². The minimum atomic E-state index is -0.244. The van der Waals surface area contributed by atoms with Gasteiger partial charge in [0.15, 0.2) is 0 Å². The summed E-state index contributed by atoms with van der Waals surface area (Å²) in [5, 5.41) is 12.4. The molecular formula is C27H39ClN4O2. The Hall–Kier alpha value is -2.15. The van der Waals surface area contributed by atoms with Crippen molar-refractivity contribution in [1.82, 2.24) is 20.9 Å². The molecule has 3 atom stereocenters. The highest BCUT2D eigenvalue weighted by molar-refractivity contribution is 6.31. The lowest BCUT2D eigenvalue weighted by molar-refractivity contribution is -0.133. The smallest absolute Gasteiger partial charge is 0.251 e. The van der Waals surface area contributed by atoms with Crippen LogP contribution in [0.1, 0.15) is 50.4 Å². The molecule has 0 aliphatic carbocycles. The number of nitrogens with one attached hydrogen (secondary N) is 3. The summed E-state index contributed by atoms with van der Waals surface area (Å²) in [7, 11) is 1.90. The van der Waals surface area contributed by atoms with Gasteiger partial charge < -0.3 is 20.9 Å². The van der Waals surface area contributed by atoms with Crippen LogP contribution in [0, 0.1) is 11.8 Å². The van der Waals surface area contributed by atoms with E-state index in [4.69, 9.17) is 11.6 Å². The van der Waals surface area contributed by atoms with Gasteiger partial charge in [-0.15, -0.1) is 0 Å². The SMILES string of the molecule is CCC(CN1CCC(CNC(=O)c2ccc3cc(Cl)ccc3c2)NC(CCNC)C1=O)C(C)C. The Morgan fingerprint density at radius 3 is 2.65 bits per heavy atom. The molecule has 3 rings (SSSR count). The fraction of sp³-hybridized carbons (Fsp3) is 0.556. The molecule has 1 saturated heterocycles. The van der Waals surface area contributed by atoms with E-state index in [1.807, 2.05) is 48.3 Å². The standard InChI is InChI=1S/C27H39ClN4O2/c1-5-19(18(2)3)17-32-13-11-24(31-25(27(32)34)10-12-29-4)16-30-26(33)22-7-6-21-15-23(28)9-8-20(21)14-22/h6-9,14-15,18-19,24-25,29,31H,5,10-13,16-17H2,1-4H3,(H,30,33). The number of fused-ring (bicyclic) bond motifs is 1. The molecule has 1 fully saturated rings. The quantitative estimate of drug-likeness (QED) is 0.473. The molecule has 186 valence electrons. The van der Waals surface area contributed by atoms with E-state index in [2.05, 4.69) is 36.7 Å². The summed E-state index contributed by atoms with van der Waals surface area (Å²) in [6.07, 6.45) is 2.60. The zero-order valence-corrected chi connectivity index (χ0v) is 21.6. The summed E-state index contributed by atoms with van der Waals surface area (Å²) < 4.78 is 0. The lowest BCUT2D eigenvalue weighted by Gasteiger charge is -2.30. The molecule has 0 bridgehead atoms. The molecule has 34 heavy (non-hydrogen) atoms. The first-order chi connectivity index (χ1) is 16.3. The van der Waals surface area contributed by atoms with Crippen molar-refractivity contribution in [2.75, 3.05) is 33.2 Å². The maximum atomic E-state index is 13.3. The van der Waals surface area contributed by atoms with Crippen molar-refractivity contribution in [3.8, 4) is 0 Å². The normalized spacial score (nSPS) is 19.9. The highest BCUT2D eigenvalue weighted by atomic mass is 35.5. The molecule has 0 radical (unpaired) electrons. The van der Waals surface area contributed by atoms with Crippen molar-refractivity contribution in [2.45, 2.75) is 52.1 Å². The molecule has 1 heterocycles. The van der Waals surface area contributed by atoms with E-state index < -0.39 is 0 Å². The molecule has 3 unspecified atom stereocenters. The second-order valence-electron chi connectivity index (χ2n) is 9.71. The summed E-state index contributed by atoms with van der Waals surface area (Å²) in [4.78, 5) is 28.2. The van der Waals surface area contributed by atoms with E-state index in [0.717, 1.165) is 43.1 Å². The van der Waals surface area contributed by atoms with Crippen LogP contribution in [-0.2, 0) is 4.79 Å². The summed E-state index contributed by atoms with van der Waals surface area (Å²) >= 11 is 6.07. The number of benzene rings is 2. The van der Waals surface area contributed by atoms with Gasteiger partial charge in [0.1, 0.15) is 0 Å². The number of halogens is 1. The lowest BCUT2D eigenvalue weighted by atomic mass is 9.92. The van der Waals surface area contributed by atoms with E-state index in [9.17, 15) is 9.59 Å². The molecule has 1 aliphatic heterocycles. The van der Waals surface area contributed by atoms with Crippen molar-refractivity contribution in [3.63, 3.8) is 0 Å². The number of hydrogen-bond acceptors (Lipinski definition) is 4. The minimum absolute atomic E-state index is 0.0399. The summed E-state index contributed by atoms with van der Waals surface area (Å²) in [5.41, 5.74) is 0.621. The van der Waals surface area contributed by atoms with Gasteiger partial charge in [0.25, 0.3) is 5.91 Å². The third-order valence-corrected chi connectivity index (χ3v) is 7.21. The molecule has 1 aliphatic rings. The van der Waals surface area contributed by atoms with Gasteiger partial charge in [0.05, 0.1) is 6.04 Å². The van der Waals surface area contributed by atoms with Crippen LogP contribution in [0.4, 0.5) is 0 Å². The van der Waals surface area contributed by atoms with Crippen molar-refractivity contribution < 1.29 is 9.59 Å². The van der Waals surface area contributed by atoms with Crippen LogP contribution < -0.4 is 16.0 Å². The first kappa shape index (κ1) is 26.5. The van der Waals surface area contributed by atoms with Crippen molar-refractivity contribution in [3.05, 3.63) is 47.0 Å². The van der Waals surface area contributed by atoms with Crippen LogP contribution in [0.15, 0.2) is 36.4 Å². The van der Waals surface area contributed by atoms with Gasteiger partial charge in [-0.25, -0.2) is 0 Å². The average Bonchev–Trinajstić information content (AvgIpc) is 2.97. The summed E-state index contributed by atoms with van der Waals surface area (Å²) in [5.74, 6) is 1.10. The van der Waals surface area contributed by atoms with Gasteiger partial charge in [0.2, 0.25) is 5.91 Å². The largest absolute Gasteiger partial charge is 0.350 e. The van der Waals surface area contributed by atoms with Crippen LogP contribution in [0.25, 0.3) is 10.8 Å². The van der Waals surface area contributed by atoms with Crippen LogP contribution in [0.5, 0.6) is 0 Å². The van der Waals surface area contributed by atoms with Gasteiger partial charge in [-0.1, -0.05) is 50.9 Å². The second-order valence-corrected chi connectivity index (χ2v) is 10.1. The number of hydrogen-bond donors (Lipinski definition) is 3. The monoisotopic (exact) mass is 486 g/mol. The van der Waals surface area contributed by atoms with E-state index in [1.54, 1.807) is 0 Å². The van der Waals surface area contributed by atoms with E-state index in [-0.39, 0.29) is 23.9 Å². The van der Waals surface area contributed by atoms with Gasteiger partial charge in [-0.3, -0.25) is 9.59 Å². The summed E-state index contributed by atoms with van der Waals surface area (Å²) in [6.45, 7) is 9.41. The van der Waals surface area contributed by atoms with Crippen molar-refractivity contribution in [2.24, 2.45) is 11.8 Å². The fourth-order valence-corrected chi connectivity index (χ4v) is 4.87. The van der Waals surface area contributed by atoms with Crippen molar-refractivity contribution >= 4 is 34.2 Å². The number of carbonyl (C=O) groups is 2. The number of rotatable bonds is 10. The second kappa shape index (κ2) is 12.5. The Morgan fingerprint density at radius 2 is 1.94 bits per heavy atom. The molecule has 0 saturated carbocycles. The molecule has 0 aromatic heterocycles. The Kier molecular flexibility index (Phi) is 9.74. The van der Waals surface area contributed by atoms with Crippen molar-refractivity contribution in [1.29, 1.82) is 0 Å². The number of nitrogens with zero attached hydrogens (tertiary/aromatic N) is 1. The maximum absolute atomic E-state index is 13.3. The first-order valence-electron chi connectivity index (χ1n) is 12.5. The lowest BCUT2D eigenvalue weighted by Crippen LogP contribution is -2.50. The number of carbonyl (C=O) groups excluding carboxylic acids is 2. The Balaban J connectivity index is 1.65. The van der Waals surface area contributed by atoms with Gasteiger partial charge >= 0.3 is 0 Å². The highest BCUT2D eigenvalue weighted by Crippen LogP contribution is 2.21. The molecule has 2 aromatic rings. The van der Waals surface area contributed by atoms with Gasteiger partial charge in [-0.2, -0.15) is 0 Å². The predicted molar refractivity (Wildman–Crippen MR) is 140 cm³/mol. The maximum Gasteiger partial charge on any atom is 0.251 e.